The highest BCUT2D eigenvalue weighted by molar-refractivity contribution is 5.46. The minimum absolute atomic E-state index is 0.526. The van der Waals surface area contributed by atoms with Gasteiger partial charge in [0.05, 0.1) is 0 Å². The first kappa shape index (κ1) is 11.1. The zero-order chi connectivity index (χ0) is 11.7. The van der Waals surface area contributed by atoms with Crippen LogP contribution in [0, 0.1) is 5.92 Å². The highest BCUT2D eigenvalue weighted by atomic mass is 16.3. The van der Waals surface area contributed by atoms with Gasteiger partial charge in [0.1, 0.15) is 5.75 Å². The van der Waals surface area contributed by atoms with E-state index in [1.54, 1.807) is 0 Å². The van der Waals surface area contributed by atoms with Crippen LogP contribution in [0.25, 0.3) is 0 Å². The van der Waals surface area contributed by atoms with Gasteiger partial charge in [-0.25, -0.2) is 0 Å². The molecule has 0 bridgehead atoms. The van der Waals surface area contributed by atoms with Crippen molar-refractivity contribution in [3.63, 3.8) is 0 Å². The maximum atomic E-state index is 10.1. The Hall–Kier alpha value is -1.02. The predicted molar refractivity (Wildman–Crippen MR) is 69.4 cm³/mol. The summed E-state index contributed by atoms with van der Waals surface area (Å²) < 4.78 is 0. The molecule has 0 saturated carbocycles. The normalized spacial score (nSPS) is 23.6. The van der Waals surface area contributed by atoms with Crippen molar-refractivity contribution in [3.05, 3.63) is 28.8 Å². The third kappa shape index (κ3) is 2.19. The Bertz CT molecular complexity index is 408. The van der Waals surface area contributed by atoms with Crippen molar-refractivity contribution in [2.75, 3.05) is 13.1 Å². The molecule has 0 amide bonds. The van der Waals surface area contributed by atoms with E-state index >= 15 is 0 Å². The summed E-state index contributed by atoms with van der Waals surface area (Å²) in [4.78, 5) is 0. The summed E-state index contributed by atoms with van der Waals surface area (Å²) in [5, 5.41) is 13.5. The quantitative estimate of drug-likeness (QED) is 0.819. The van der Waals surface area contributed by atoms with E-state index in [2.05, 4.69) is 11.4 Å². The molecule has 2 heteroatoms. The Kier molecular flexibility index (Phi) is 3.06. The number of phenols is 1. The van der Waals surface area contributed by atoms with Gasteiger partial charge in [0.2, 0.25) is 0 Å². The fourth-order valence-corrected chi connectivity index (χ4v) is 3.30. The van der Waals surface area contributed by atoms with Crippen LogP contribution in [0.4, 0.5) is 0 Å². The Morgan fingerprint density at radius 3 is 2.94 bits per heavy atom. The van der Waals surface area contributed by atoms with Gasteiger partial charge in [-0.15, -0.1) is 0 Å². The molecule has 2 aliphatic rings. The molecule has 2 nitrogen and oxygen atoms in total. The molecule has 1 aliphatic carbocycles. The molecule has 1 saturated heterocycles. The van der Waals surface area contributed by atoms with Gasteiger partial charge in [-0.3, -0.25) is 0 Å². The van der Waals surface area contributed by atoms with E-state index in [1.807, 2.05) is 6.07 Å². The molecule has 1 aromatic rings. The maximum Gasteiger partial charge on any atom is 0.119 e. The van der Waals surface area contributed by atoms with Crippen molar-refractivity contribution in [1.29, 1.82) is 0 Å². The summed E-state index contributed by atoms with van der Waals surface area (Å²) in [7, 11) is 0. The summed E-state index contributed by atoms with van der Waals surface area (Å²) in [6.07, 6.45) is 7.27. The monoisotopic (exact) mass is 231 g/mol. The number of fused-ring (bicyclic) bond motifs is 1. The number of phenolic OH excluding ortho intramolecular Hbond substituents is 1. The van der Waals surface area contributed by atoms with Crippen LogP contribution in [0.1, 0.15) is 36.0 Å². The van der Waals surface area contributed by atoms with Crippen LogP contribution in [0.2, 0.25) is 0 Å². The SMILES string of the molecule is Oc1ccc2c(c1CC1CCNC1)CCCC2. The summed E-state index contributed by atoms with van der Waals surface area (Å²) >= 11 is 0. The van der Waals surface area contributed by atoms with Crippen molar-refractivity contribution in [2.45, 2.75) is 38.5 Å². The van der Waals surface area contributed by atoms with Gasteiger partial charge in [-0.1, -0.05) is 6.07 Å². The minimum atomic E-state index is 0.526. The average molecular weight is 231 g/mol. The number of hydrogen-bond donors (Lipinski definition) is 2. The van der Waals surface area contributed by atoms with Crippen molar-refractivity contribution < 1.29 is 5.11 Å². The standard InChI is InChI=1S/C15H21NO/c17-15-6-5-12-3-1-2-4-13(12)14(15)9-11-7-8-16-10-11/h5-6,11,16-17H,1-4,7-10H2. The molecule has 3 rings (SSSR count). The van der Waals surface area contributed by atoms with Crippen molar-refractivity contribution in [3.8, 4) is 5.75 Å². The average Bonchev–Trinajstić information content (AvgIpc) is 2.86. The van der Waals surface area contributed by atoms with Crippen LogP contribution < -0.4 is 5.32 Å². The maximum absolute atomic E-state index is 10.1. The van der Waals surface area contributed by atoms with Crippen LogP contribution in [0.3, 0.4) is 0 Å². The summed E-state index contributed by atoms with van der Waals surface area (Å²) in [6, 6.07) is 4.03. The van der Waals surface area contributed by atoms with Crippen LogP contribution in [0.5, 0.6) is 5.75 Å². The van der Waals surface area contributed by atoms with Gasteiger partial charge in [0.25, 0.3) is 0 Å². The fourth-order valence-electron chi connectivity index (χ4n) is 3.30. The second kappa shape index (κ2) is 4.69. The second-order valence-electron chi connectivity index (χ2n) is 5.47. The Balaban J connectivity index is 1.90. The van der Waals surface area contributed by atoms with E-state index in [1.165, 1.54) is 48.8 Å². The van der Waals surface area contributed by atoms with E-state index in [4.69, 9.17) is 0 Å². The third-order valence-corrected chi connectivity index (χ3v) is 4.28. The zero-order valence-corrected chi connectivity index (χ0v) is 10.3. The van der Waals surface area contributed by atoms with Crippen LogP contribution in [-0.4, -0.2) is 18.2 Å². The first-order valence-corrected chi connectivity index (χ1v) is 6.88. The van der Waals surface area contributed by atoms with Crippen molar-refractivity contribution >= 4 is 0 Å². The van der Waals surface area contributed by atoms with Gasteiger partial charge < -0.3 is 10.4 Å². The Morgan fingerprint density at radius 2 is 2.12 bits per heavy atom. The van der Waals surface area contributed by atoms with Gasteiger partial charge in [0.15, 0.2) is 0 Å². The molecule has 0 aromatic heterocycles. The van der Waals surface area contributed by atoms with Gasteiger partial charge in [-0.05, 0) is 80.3 Å². The molecule has 17 heavy (non-hydrogen) atoms. The lowest BCUT2D eigenvalue weighted by Crippen LogP contribution is -2.13. The topological polar surface area (TPSA) is 32.3 Å². The molecule has 1 unspecified atom stereocenters. The lowest BCUT2D eigenvalue weighted by Gasteiger charge is -2.22. The van der Waals surface area contributed by atoms with E-state index in [9.17, 15) is 5.11 Å². The van der Waals surface area contributed by atoms with Crippen LogP contribution in [-0.2, 0) is 19.3 Å². The van der Waals surface area contributed by atoms with E-state index < -0.39 is 0 Å². The minimum Gasteiger partial charge on any atom is -0.508 e. The summed E-state index contributed by atoms with van der Waals surface area (Å²) in [6.45, 7) is 2.25. The summed E-state index contributed by atoms with van der Waals surface area (Å²) in [5.41, 5.74) is 4.19. The molecular formula is C15H21NO. The lowest BCUT2D eigenvalue weighted by atomic mass is 9.84. The first-order valence-electron chi connectivity index (χ1n) is 6.88. The molecule has 1 heterocycles. The number of rotatable bonds is 2. The molecule has 92 valence electrons. The van der Waals surface area contributed by atoms with Crippen LogP contribution in [0.15, 0.2) is 12.1 Å². The molecule has 2 N–H and O–H groups in total. The van der Waals surface area contributed by atoms with E-state index in [0.29, 0.717) is 11.7 Å². The number of aryl methyl sites for hydroxylation is 1. The number of hydrogen-bond acceptors (Lipinski definition) is 2. The first-order chi connectivity index (χ1) is 8.34. The van der Waals surface area contributed by atoms with Gasteiger partial charge in [-0.2, -0.15) is 0 Å². The molecule has 1 atom stereocenters. The van der Waals surface area contributed by atoms with E-state index in [0.717, 1.165) is 19.5 Å². The lowest BCUT2D eigenvalue weighted by molar-refractivity contribution is 0.455. The van der Waals surface area contributed by atoms with Crippen LogP contribution >= 0.6 is 0 Å². The van der Waals surface area contributed by atoms with Gasteiger partial charge >= 0.3 is 0 Å². The summed E-state index contributed by atoms with van der Waals surface area (Å²) in [5.74, 6) is 1.24. The molecule has 1 aromatic carbocycles. The zero-order valence-electron chi connectivity index (χ0n) is 10.3. The van der Waals surface area contributed by atoms with E-state index in [-0.39, 0.29) is 0 Å². The molecule has 0 radical (unpaired) electrons. The second-order valence-corrected chi connectivity index (χ2v) is 5.47. The molecule has 1 aliphatic heterocycles. The molecule has 1 fully saturated rings. The molecule has 0 spiro atoms. The number of aromatic hydroxyl groups is 1. The Labute approximate surface area is 103 Å². The highest BCUT2D eigenvalue weighted by Crippen LogP contribution is 2.33. The highest BCUT2D eigenvalue weighted by Gasteiger charge is 2.21. The third-order valence-electron chi connectivity index (χ3n) is 4.28. The predicted octanol–water partition coefficient (Wildman–Crippen LogP) is 2.42. The number of benzene rings is 1. The smallest absolute Gasteiger partial charge is 0.119 e. The van der Waals surface area contributed by atoms with Gasteiger partial charge in [0, 0.05) is 0 Å². The largest absolute Gasteiger partial charge is 0.508 e. The van der Waals surface area contributed by atoms with Crippen molar-refractivity contribution in [1.82, 2.24) is 5.32 Å². The fraction of sp³-hybridized carbons (Fsp3) is 0.600. The van der Waals surface area contributed by atoms with Crippen molar-refractivity contribution in [2.24, 2.45) is 5.92 Å². The number of nitrogens with one attached hydrogen (secondary N) is 1. The molecular weight excluding hydrogens is 210 g/mol. The Morgan fingerprint density at radius 1 is 1.24 bits per heavy atom.